The highest BCUT2D eigenvalue weighted by Gasteiger charge is 2.24. The summed E-state index contributed by atoms with van der Waals surface area (Å²) < 4.78 is 21.9. The highest BCUT2D eigenvalue weighted by atomic mass is 19.1. The molecule has 1 aliphatic rings. The second kappa shape index (κ2) is 8.45. The zero-order valence-corrected chi connectivity index (χ0v) is 17.3. The van der Waals surface area contributed by atoms with Crippen LogP contribution in [0.25, 0.3) is 10.9 Å². The summed E-state index contributed by atoms with van der Waals surface area (Å²) >= 11 is 0. The molecular formula is C24H24FN5O. The van der Waals surface area contributed by atoms with Gasteiger partial charge in [0.15, 0.2) is 0 Å². The number of fused-ring (bicyclic) bond motifs is 1. The quantitative estimate of drug-likeness (QED) is 0.521. The minimum atomic E-state index is -0.207. The van der Waals surface area contributed by atoms with Gasteiger partial charge in [-0.1, -0.05) is 12.1 Å². The maximum Gasteiger partial charge on any atom is 0.131 e. The Bertz CT molecular complexity index is 1190. The van der Waals surface area contributed by atoms with Crippen LogP contribution in [0.1, 0.15) is 17.4 Å². The number of hydrogen-bond acceptors (Lipinski definition) is 5. The summed E-state index contributed by atoms with van der Waals surface area (Å²) in [6.45, 7) is 2.93. The van der Waals surface area contributed by atoms with Crippen molar-refractivity contribution in [3.05, 3.63) is 84.1 Å². The molecular weight excluding hydrogens is 393 g/mol. The third-order valence-electron chi connectivity index (χ3n) is 5.60. The lowest BCUT2D eigenvalue weighted by Gasteiger charge is -2.32. The first-order valence-electron chi connectivity index (χ1n) is 10.4. The molecule has 0 saturated carbocycles. The number of aromatic nitrogens is 3. The molecule has 1 N–H and O–H groups in total. The van der Waals surface area contributed by atoms with Crippen molar-refractivity contribution in [2.24, 2.45) is 7.05 Å². The molecule has 158 valence electrons. The van der Waals surface area contributed by atoms with Crippen molar-refractivity contribution in [2.45, 2.75) is 12.6 Å². The van der Waals surface area contributed by atoms with E-state index in [0.29, 0.717) is 6.61 Å². The average molecular weight is 417 g/mol. The van der Waals surface area contributed by atoms with E-state index in [1.165, 1.54) is 6.07 Å². The summed E-state index contributed by atoms with van der Waals surface area (Å²) in [4.78, 5) is 11.4. The molecule has 1 fully saturated rings. The van der Waals surface area contributed by atoms with Crippen LogP contribution >= 0.6 is 0 Å². The predicted octanol–water partition coefficient (Wildman–Crippen LogP) is 4.42. The fourth-order valence-electron chi connectivity index (χ4n) is 4.11. The van der Waals surface area contributed by atoms with E-state index in [2.05, 4.69) is 26.0 Å². The first-order chi connectivity index (χ1) is 15.2. The molecule has 0 bridgehead atoms. The van der Waals surface area contributed by atoms with E-state index in [1.54, 1.807) is 12.3 Å². The molecule has 4 aromatic rings. The molecule has 31 heavy (non-hydrogen) atoms. The molecule has 5 rings (SSSR count). The van der Waals surface area contributed by atoms with Gasteiger partial charge in [0.2, 0.25) is 0 Å². The van der Waals surface area contributed by atoms with Crippen LogP contribution in [-0.4, -0.2) is 39.1 Å². The number of anilines is 2. The Morgan fingerprint density at radius 2 is 2.03 bits per heavy atom. The molecule has 3 aromatic heterocycles. The molecule has 1 saturated heterocycles. The molecule has 1 aromatic carbocycles. The Hall–Kier alpha value is -3.29. The predicted molar refractivity (Wildman–Crippen MR) is 119 cm³/mol. The van der Waals surface area contributed by atoms with E-state index < -0.39 is 0 Å². The van der Waals surface area contributed by atoms with Crippen LogP contribution in [0, 0.1) is 5.82 Å². The average Bonchev–Trinajstić information content (AvgIpc) is 3.09. The molecule has 1 aliphatic heterocycles. The topological polar surface area (TPSA) is 55.2 Å². The molecule has 6 nitrogen and oxygen atoms in total. The van der Waals surface area contributed by atoms with Gasteiger partial charge in [-0.05, 0) is 48.0 Å². The largest absolute Gasteiger partial charge is 0.369 e. The molecule has 0 spiro atoms. The Kier molecular flexibility index (Phi) is 5.36. The SMILES string of the molecule is Cn1cc(CN2CCOC(c3cccc(Nc4ccccn4)n3)C2)c2cc(F)ccc21. The van der Waals surface area contributed by atoms with Gasteiger partial charge < -0.3 is 14.6 Å². The van der Waals surface area contributed by atoms with Gasteiger partial charge in [-0.15, -0.1) is 0 Å². The minimum absolute atomic E-state index is 0.119. The van der Waals surface area contributed by atoms with Gasteiger partial charge in [0.25, 0.3) is 0 Å². The number of rotatable bonds is 5. The number of hydrogen-bond donors (Lipinski definition) is 1. The Balaban J connectivity index is 1.32. The maximum absolute atomic E-state index is 13.8. The number of nitrogens with zero attached hydrogens (tertiary/aromatic N) is 4. The summed E-state index contributed by atoms with van der Waals surface area (Å²) in [5.74, 6) is 1.28. The molecule has 4 heterocycles. The Labute approximate surface area is 180 Å². The Morgan fingerprint density at radius 3 is 2.90 bits per heavy atom. The third kappa shape index (κ3) is 4.28. The van der Waals surface area contributed by atoms with E-state index in [9.17, 15) is 4.39 Å². The van der Waals surface area contributed by atoms with Gasteiger partial charge in [-0.25, -0.2) is 14.4 Å². The van der Waals surface area contributed by atoms with E-state index in [-0.39, 0.29) is 11.9 Å². The number of pyridine rings is 2. The van der Waals surface area contributed by atoms with Crippen molar-refractivity contribution in [1.82, 2.24) is 19.4 Å². The van der Waals surface area contributed by atoms with Gasteiger partial charge in [0, 0.05) is 50.0 Å². The molecule has 7 heteroatoms. The fourth-order valence-corrected chi connectivity index (χ4v) is 4.11. The molecule has 0 radical (unpaired) electrons. The van der Waals surface area contributed by atoms with Crippen LogP contribution in [0.5, 0.6) is 0 Å². The number of halogens is 1. The minimum Gasteiger partial charge on any atom is -0.369 e. The standard InChI is InChI=1S/C24H24FN5O/c1-29-14-17(19-13-18(25)8-9-21(19)29)15-30-11-12-31-22(16-30)20-5-4-7-24(27-20)28-23-6-2-3-10-26-23/h2-10,13-14,22H,11-12,15-16H2,1H3,(H,26,27,28). The van der Waals surface area contributed by atoms with Gasteiger partial charge >= 0.3 is 0 Å². The lowest BCUT2D eigenvalue weighted by atomic mass is 10.1. The zero-order valence-electron chi connectivity index (χ0n) is 17.3. The fraction of sp³-hybridized carbons (Fsp3) is 0.250. The van der Waals surface area contributed by atoms with Gasteiger partial charge in [-0.2, -0.15) is 0 Å². The second-order valence-electron chi connectivity index (χ2n) is 7.81. The van der Waals surface area contributed by atoms with Crippen LogP contribution < -0.4 is 5.32 Å². The van der Waals surface area contributed by atoms with Crippen LogP contribution in [0.2, 0.25) is 0 Å². The Morgan fingerprint density at radius 1 is 1.13 bits per heavy atom. The van der Waals surface area contributed by atoms with Gasteiger partial charge in [0.05, 0.1) is 12.3 Å². The van der Waals surface area contributed by atoms with Crippen LogP contribution in [-0.2, 0) is 18.3 Å². The number of ether oxygens (including phenoxy) is 1. The first-order valence-corrected chi connectivity index (χ1v) is 10.4. The zero-order chi connectivity index (χ0) is 21.2. The monoisotopic (exact) mass is 417 g/mol. The van der Waals surface area contributed by atoms with Crippen molar-refractivity contribution >= 4 is 22.5 Å². The summed E-state index contributed by atoms with van der Waals surface area (Å²) in [5.41, 5.74) is 3.04. The molecule has 1 atom stereocenters. The summed E-state index contributed by atoms with van der Waals surface area (Å²) in [5, 5.41) is 4.20. The van der Waals surface area contributed by atoms with Crippen molar-refractivity contribution < 1.29 is 9.13 Å². The highest BCUT2D eigenvalue weighted by Crippen LogP contribution is 2.27. The normalized spacial score (nSPS) is 17.2. The van der Waals surface area contributed by atoms with Gasteiger partial charge in [0.1, 0.15) is 23.6 Å². The lowest BCUT2D eigenvalue weighted by Crippen LogP contribution is -2.38. The summed E-state index contributed by atoms with van der Waals surface area (Å²) in [6.07, 6.45) is 3.71. The van der Waals surface area contributed by atoms with Gasteiger partial charge in [-0.3, -0.25) is 4.90 Å². The first kappa shape index (κ1) is 19.7. The summed E-state index contributed by atoms with van der Waals surface area (Å²) in [6, 6.07) is 16.6. The number of benzene rings is 1. The van der Waals surface area contributed by atoms with Crippen molar-refractivity contribution in [2.75, 3.05) is 25.0 Å². The van der Waals surface area contributed by atoms with E-state index in [0.717, 1.165) is 53.4 Å². The van der Waals surface area contributed by atoms with Crippen LogP contribution in [0.15, 0.2) is 67.0 Å². The smallest absolute Gasteiger partial charge is 0.131 e. The van der Waals surface area contributed by atoms with Crippen molar-refractivity contribution in [3.63, 3.8) is 0 Å². The van der Waals surface area contributed by atoms with Crippen LogP contribution in [0.4, 0.5) is 16.0 Å². The third-order valence-corrected chi connectivity index (χ3v) is 5.60. The number of nitrogens with one attached hydrogen (secondary N) is 1. The lowest BCUT2D eigenvalue weighted by molar-refractivity contribution is -0.0348. The number of morpholine rings is 1. The molecule has 0 aliphatic carbocycles. The van der Waals surface area contributed by atoms with E-state index in [4.69, 9.17) is 9.72 Å². The van der Waals surface area contributed by atoms with E-state index in [1.807, 2.05) is 49.5 Å². The number of aryl methyl sites for hydroxylation is 1. The van der Waals surface area contributed by atoms with Crippen LogP contribution in [0.3, 0.4) is 0 Å². The highest BCUT2D eigenvalue weighted by molar-refractivity contribution is 5.84. The molecule has 1 unspecified atom stereocenters. The second-order valence-corrected chi connectivity index (χ2v) is 7.81. The maximum atomic E-state index is 13.8. The van der Waals surface area contributed by atoms with E-state index >= 15 is 0 Å². The van der Waals surface area contributed by atoms with Crippen molar-refractivity contribution in [1.29, 1.82) is 0 Å². The van der Waals surface area contributed by atoms with Crippen molar-refractivity contribution in [3.8, 4) is 0 Å². The summed E-state index contributed by atoms with van der Waals surface area (Å²) in [7, 11) is 2.00. The molecule has 0 amide bonds.